The van der Waals surface area contributed by atoms with E-state index in [1.54, 1.807) is 12.1 Å². The largest absolute Gasteiger partial charge is 0.393 e. The van der Waals surface area contributed by atoms with Gasteiger partial charge in [0.2, 0.25) is 0 Å². The number of hydrogen-bond donors (Lipinski definition) is 1. The Hall–Kier alpha value is -1.42. The molecule has 0 amide bonds. The van der Waals surface area contributed by atoms with Crippen LogP contribution in [-0.2, 0) is 6.42 Å². The molecule has 4 heteroatoms. The molecule has 1 fully saturated rings. The van der Waals surface area contributed by atoms with Crippen LogP contribution in [0.3, 0.4) is 0 Å². The molecular weight excluding hydrogens is 266 g/mol. The molecule has 21 heavy (non-hydrogen) atoms. The van der Waals surface area contributed by atoms with Crippen molar-refractivity contribution in [3.63, 3.8) is 0 Å². The fourth-order valence-corrected chi connectivity index (χ4v) is 3.35. The summed E-state index contributed by atoms with van der Waals surface area (Å²) >= 11 is 0. The Balaban J connectivity index is 2.10. The summed E-state index contributed by atoms with van der Waals surface area (Å²) in [5.74, 6) is 0.801. The van der Waals surface area contributed by atoms with Gasteiger partial charge >= 0.3 is 0 Å². The highest BCUT2D eigenvalue weighted by Gasteiger charge is 2.35. The van der Waals surface area contributed by atoms with Crippen molar-refractivity contribution in [2.45, 2.75) is 52.6 Å². The van der Waals surface area contributed by atoms with Crippen LogP contribution in [0.5, 0.6) is 0 Å². The molecule has 116 valence electrons. The molecule has 1 saturated carbocycles. The van der Waals surface area contributed by atoms with Crippen LogP contribution in [-0.4, -0.2) is 16.1 Å². The van der Waals surface area contributed by atoms with Crippen LogP contribution in [0.4, 0.5) is 5.69 Å². The molecule has 0 bridgehead atoms. The molecule has 3 unspecified atom stereocenters. The summed E-state index contributed by atoms with van der Waals surface area (Å²) in [4.78, 5) is 10.5. The first-order valence-corrected chi connectivity index (χ1v) is 7.69. The molecule has 0 heterocycles. The summed E-state index contributed by atoms with van der Waals surface area (Å²) in [7, 11) is 0. The van der Waals surface area contributed by atoms with Crippen molar-refractivity contribution in [3.8, 4) is 0 Å². The topological polar surface area (TPSA) is 63.4 Å². The first-order chi connectivity index (χ1) is 9.77. The molecule has 1 aromatic rings. The highest BCUT2D eigenvalue weighted by Crippen LogP contribution is 2.41. The van der Waals surface area contributed by atoms with Gasteiger partial charge in [0.15, 0.2) is 0 Å². The lowest BCUT2D eigenvalue weighted by molar-refractivity contribution is -0.384. The summed E-state index contributed by atoms with van der Waals surface area (Å²) < 4.78 is 0. The van der Waals surface area contributed by atoms with Crippen molar-refractivity contribution in [2.24, 2.45) is 17.3 Å². The van der Waals surface area contributed by atoms with Gasteiger partial charge < -0.3 is 5.11 Å². The molecule has 1 N–H and O–H groups in total. The second-order valence-electron chi connectivity index (χ2n) is 7.33. The van der Waals surface area contributed by atoms with E-state index in [2.05, 4.69) is 20.8 Å². The van der Waals surface area contributed by atoms with E-state index in [-0.39, 0.29) is 28.0 Å². The van der Waals surface area contributed by atoms with Crippen molar-refractivity contribution in [1.29, 1.82) is 0 Å². The molecule has 0 saturated heterocycles. The van der Waals surface area contributed by atoms with E-state index in [1.807, 2.05) is 6.07 Å². The number of nitro groups is 1. The summed E-state index contributed by atoms with van der Waals surface area (Å²) in [6, 6.07) is 6.79. The Labute approximate surface area is 126 Å². The molecule has 0 aliphatic heterocycles. The van der Waals surface area contributed by atoms with Gasteiger partial charge in [0.05, 0.1) is 11.0 Å². The van der Waals surface area contributed by atoms with Crippen molar-refractivity contribution < 1.29 is 10.0 Å². The molecule has 0 spiro atoms. The Morgan fingerprint density at radius 3 is 2.67 bits per heavy atom. The van der Waals surface area contributed by atoms with Gasteiger partial charge in [0.1, 0.15) is 0 Å². The highest BCUT2D eigenvalue weighted by atomic mass is 16.6. The number of non-ortho nitro benzene ring substituents is 1. The molecule has 1 aliphatic rings. The van der Waals surface area contributed by atoms with E-state index in [9.17, 15) is 15.2 Å². The first kappa shape index (κ1) is 16.0. The monoisotopic (exact) mass is 291 g/mol. The number of nitro benzene ring substituents is 1. The molecule has 3 atom stereocenters. The van der Waals surface area contributed by atoms with Crippen LogP contribution in [0.2, 0.25) is 0 Å². The Bertz CT molecular complexity index is 507. The summed E-state index contributed by atoms with van der Waals surface area (Å²) in [5, 5.41) is 21.1. The molecule has 2 rings (SSSR count). The lowest BCUT2D eigenvalue weighted by Crippen LogP contribution is -2.35. The van der Waals surface area contributed by atoms with Gasteiger partial charge in [-0.1, -0.05) is 32.9 Å². The van der Waals surface area contributed by atoms with Crippen LogP contribution >= 0.6 is 0 Å². The lowest BCUT2D eigenvalue weighted by Gasteiger charge is -2.40. The second kappa shape index (κ2) is 6.14. The number of nitrogens with zero attached hydrogens (tertiary/aromatic N) is 1. The quantitative estimate of drug-likeness (QED) is 0.677. The molecule has 4 nitrogen and oxygen atoms in total. The zero-order chi connectivity index (χ0) is 15.6. The molecular formula is C17H25NO3. The molecule has 1 aliphatic carbocycles. The number of aliphatic hydroxyl groups excluding tert-OH is 1. The van der Waals surface area contributed by atoms with Gasteiger partial charge in [-0.15, -0.1) is 0 Å². The Morgan fingerprint density at radius 1 is 1.33 bits per heavy atom. The zero-order valence-corrected chi connectivity index (χ0v) is 13.1. The van der Waals surface area contributed by atoms with Gasteiger partial charge in [0.25, 0.3) is 5.69 Å². The van der Waals surface area contributed by atoms with Crippen molar-refractivity contribution in [1.82, 2.24) is 0 Å². The van der Waals surface area contributed by atoms with Crippen LogP contribution in [0.15, 0.2) is 24.3 Å². The minimum absolute atomic E-state index is 0.130. The maximum Gasteiger partial charge on any atom is 0.269 e. The average molecular weight is 291 g/mol. The summed E-state index contributed by atoms with van der Waals surface area (Å²) in [5.41, 5.74) is 1.33. The van der Waals surface area contributed by atoms with E-state index >= 15 is 0 Å². The van der Waals surface area contributed by atoms with E-state index < -0.39 is 0 Å². The third-order valence-corrected chi connectivity index (χ3v) is 4.79. The van der Waals surface area contributed by atoms with Gasteiger partial charge in [-0.05, 0) is 48.5 Å². The average Bonchev–Trinajstić information content (AvgIpc) is 2.40. The smallest absolute Gasteiger partial charge is 0.269 e. The Morgan fingerprint density at radius 2 is 2.05 bits per heavy atom. The fraction of sp³-hybridized carbons (Fsp3) is 0.647. The summed E-state index contributed by atoms with van der Waals surface area (Å²) in [6.45, 7) is 6.75. The third kappa shape index (κ3) is 4.03. The lowest BCUT2D eigenvalue weighted by atomic mass is 9.67. The normalized spacial score (nSPS) is 26.6. The molecule has 0 radical (unpaired) electrons. The van der Waals surface area contributed by atoms with Crippen LogP contribution in [0.25, 0.3) is 0 Å². The van der Waals surface area contributed by atoms with Gasteiger partial charge in [-0.3, -0.25) is 10.1 Å². The standard InChI is InChI=1S/C17H25NO3/c1-17(2,3)14-7-8-16(19)13(11-14)9-12-5-4-6-15(10-12)18(20)21/h4-6,10,13-14,16,19H,7-9,11H2,1-3H3. The SMILES string of the molecule is CC(C)(C)C1CCC(O)C(Cc2cccc([N+](=O)[O-])c2)C1. The fourth-order valence-electron chi connectivity index (χ4n) is 3.35. The van der Waals surface area contributed by atoms with Crippen LogP contribution < -0.4 is 0 Å². The van der Waals surface area contributed by atoms with E-state index in [4.69, 9.17) is 0 Å². The van der Waals surface area contributed by atoms with E-state index in [0.717, 1.165) is 31.2 Å². The first-order valence-electron chi connectivity index (χ1n) is 7.69. The third-order valence-electron chi connectivity index (χ3n) is 4.79. The Kier molecular flexibility index (Phi) is 4.67. The number of benzene rings is 1. The minimum Gasteiger partial charge on any atom is -0.393 e. The van der Waals surface area contributed by atoms with Crippen LogP contribution in [0, 0.1) is 27.4 Å². The van der Waals surface area contributed by atoms with Crippen molar-refractivity contribution >= 4 is 5.69 Å². The van der Waals surface area contributed by atoms with E-state index in [1.165, 1.54) is 6.07 Å². The summed E-state index contributed by atoms with van der Waals surface area (Å²) in [6.07, 6.45) is 3.32. The molecule has 0 aromatic heterocycles. The number of hydrogen-bond acceptors (Lipinski definition) is 3. The molecule has 1 aromatic carbocycles. The van der Waals surface area contributed by atoms with Gasteiger partial charge in [-0.25, -0.2) is 0 Å². The predicted octanol–water partition coefficient (Wildman–Crippen LogP) is 3.96. The van der Waals surface area contributed by atoms with Crippen molar-refractivity contribution in [2.75, 3.05) is 0 Å². The van der Waals surface area contributed by atoms with Gasteiger partial charge in [-0.2, -0.15) is 0 Å². The second-order valence-corrected chi connectivity index (χ2v) is 7.33. The zero-order valence-electron chi connectivity index (χ0n) is 13.1. The maximum atomic E-state index is 10.8. The maximum absolute atomic E-state index is 10.8. The number of aliphatic hydroxyl groups is 1. The minimum atomic E-state index is -0.362. The highest BCUT2D eigenvalue weighted by molar-refractivity contribution is 5.34. The number of rotatable bonds is 3. The van der Waals surface area contributed by atoms with E-state index in [0.29, 0.717) is 5.92 Å². The predicted molar refractivity (Wildman–Crippen MR) is 83.1 cm³/mol. The van der Waals surface area contributed by atoms with Crippen LogP contribution in [0.1, 0.15) is 45.6 Å². The van der Waals surface area contributed by atoms with Gasteiger partial charge in [0, 0.05) is 12.1 Å². The van der Waals surface area contributed by atoms with Crippen molar-refractivity contribution in [3.05, 3.63) is 39.9 Å².